The fourth-order valence-electron chi connectivity index (χ4n) is 1.77. The van der Waals surface area contributed by atoms with E-state index in [4.69, 9.17) is 5.11 Å². The van der Waals surface area contributed by atoms with Crippen molar-refractivity contribution in [1.82, 2.24) is 15.0 Å². The number of fused-ring (bicyclic) bond motifs is 1. The van der Waals surface area contributed by atoms with Crippen LogP contribution in [0.3, 0.4) is 0 Å². The average Bonchev–Trinajstić information content (AvgIpc) is 2.70. The SMILES string of the molecule is CC(Cn1nnc2ccc(C(=O)O)cc21)C(C)(C)C. The molecular formula is C14H19N3O2. The van der Waals surface area contributed by atoms with E-state index in [1.54, 1.807) is 22.9 Å². The van der Waals surface area contributed by atoms with Crippen LogP contribution in [0.4, 0.5) is 0 Å². The van der Waals surface area contributed by atoms with E-state index in [1.165, 1.54) is 0 Å². The monoisotopic (exact) mass is 261 g/mol. The van der Waals surface area contributed by atoms with Crippen molar-refractivity contribution in [1.29, 1.82) is 0 Å². The third kappa shape index (κ3) is 2.75. The Labute approximate surface area is 112 Å². The molecule has 0 radical (unpaired) electrons. The molecule has 2 rings (SSSR count). The Morgan fingerprint density at radius 2 is 2.11 bits per heavy atom. The topological polar surface area (TPSA) is 68.0 Å². The molecule has 1 atom stereocenters. The first kappa shape index (κ1) is 13.5. The Bertz CT molecular complexity index is 611. The Morgan fingerprint density at radius 1 is 1.42 bits per heavy atom. The number of rotatable bonds is 3. The highest BCUT2D eigenvalue weighted by molar-refractivity contribution is 5.92. The van der Waals surface area contributed by atoms with Crippen LogP contribution in [-0.4, -0.2) is 26.1 Å². The molecule has 0 saturated carbocycles. The molecular weight excluding hydrogens is 242 g/mol. The van der Waals surface area contributed by atoms with Crippen molar-refractivity contribution in [3.8, 4) is 0 Å². The molecule has 5 nitrogen and oxygen atoms in total. The minimum atomic E-state index is -0.932. The molecule has 2 aromatic rings. The van der Waals surface area contributed by atoms with Gasteiger partial charge in [-0.2, -0.15) is 0 Å². The van der Waals surface area contributed by atoms with E-state index < -0.39 is 5.97 Å². The largest absolute Gasteiger partial charge is 0.478 e. The zero-order valence-electron chi connectivity index (χ0n) is 11.7. The lowest BCUT2D eigenvalue weighted by Gasteiger charge is -2.27. The number of carbonyl (C=O) groups is 1. The molecule has 1 heterocycles. The predicted molar refractivity (Wildman–Crippen MR) is 73.1 cm³/mol. The zero-order chi connectivity index (χ0) is 14.2. The first-order valence-corrected chi connectivity index (χ1v) is 6.35. The Kier molecular flexibility index (Phi) is 3.30. The molecule has 0 bridgehead atoms. The second-order valence-electron chi connectivity index (χ2n) is 6.05. The summed E-state index contributed by atoms with van der Waals surface area (Å²) < 4.78 is 1.79. The van der Waals surface area contributed by atoms with Gasteiger partial charge in [0.1, 0.15) is 5.52 Å². The number of aromatic nitrogens is 3. The van der Waals surface area contributed by atoms with Crippen LogP contribution in [0.1, 0.15) is 38.1 Å². The smallest absolute Gasteiger partial charge is 0.335 e. The van der Waals surface area contributed by atoms with Crippen molar-refractivity contribution in [2.24, 2.45) is 11.3 Å². The highest BCUT2D eigenvalue weighted by atomic mass is 16.4. The maximum atomic E-state index is 11.0. The van der Waals surface area contributed by atoms with Gasteiger partial charge in [0.15, 0.2) is 0 Å². The summed E-state index contributed by atoms with van der Waals surface area (Å²) in [5.41, 5.74) is 1.93. The van der Waals surface area contributed by atoms with Crippen molar-refractivity contribution in [3.05, 3.63) is 23.8 Å². The lowest BCUT2D eigenvalue weighted by atomic mass is 9.82. The minimum absolute atomic E-state index is 0.169. The van der Waals surface area contributed by atoms with Crippen LogP contribution in [-0.2, 0) is 6.54 Å². The summed E-state index contributed by atoms with van der Waals surface area (Å²) in [5.74, 6) is -0.524. The maximum Gasteiger partial charge on any atom is 0.335 e. The second kappa shape index (κ2) is 4.64. The number of carboxylic acids is 1. The van der Waals surface area contributed by atoms with Gasteiger partial charge in [-0.05, 0) is 29.5 Å². The third-order valence-electron chi connectivity index (χ3n) is 3.69. The first-order chi connectivity index (χ1) is 8.79. The van der Waals surface area contributed by atoms with Gasteiger partial charge in [-0.25, -0.2) is 9.48 Å². The summed E-state index contributed by atoms with van der Waals surface area (Å²) >= 11 is 0. The molecule has 5 heteroatoms. The van der Waals surface area contributed by atoms with Crippen LogP contribution in [0.5, 0.6) is 0 Å². The zero-order valence-corrected chi connectivity index (χ0v) is 11.7. The van der Waals surface area contributed by atoms with Crippen molar-refractivity contribution in [3.63, 3.8) is 0 Å². The number of aromatic carboxylic acids is 1. The van der Waals surface area contributed by atoms with Gasteiger partial charge in [-0.1, -0.05) is 32.9 Å². The summed E-state index contributed by atoms with van der Waals surface area (Å²) in [4.78, 5) is 11.0. The van der Waals surface area contributed by atoms with E-state index in [2.05, 4.69) is 38.0 Å². The van der Waals surface area contributed by atoms with Gasteiger partial charge in [0, 0.05) is 6.54 Å². The number of benzene rings is 1. The van der Waals surface area contributed by atoms with Crippen LogP contribution >= 0.6 is 0 Å². The average molecular weight is 261 g/mol. The predicted octanol–water partition coefficient (Wildman–Crippen LogP) is 2.81. The van der Waals surface area contributed by atoms with E-state index in [-0.39, 0.29) is 11.0 Å². The standard InChI is InChI=1S/C14H19N3O2/c1-9(14(2,3)4)8-17-12-7-10(13(18)19)5-6-11(12)15-16-17/h5-7,9H,8H2,1-4H3,(H,18,19). The molecule has 0 aliphatic heterocycles. The third-order valence-corrected chi connectivity index (χ3v) is 3.69. The van der Waals surface area contributed by atoms with Crippen LogP contribution < -0.4 is 0 Å². The van der Waals surface area contributed by atoms with Gasteiger partial charge < -0.3 is 5.11 Å². The fourth-order valence-corrected chi connectivity index (χ4v) is 1.77. The Balaban J connectivity index is 2.39. The number of carboxylic acid groups (broad SMARTS) is 1. The molecule has 1 N–H and O–H groups in total. The normalized spacial score (nSPS) is 13.7. The summed E-state index contributed by atoms with van der Waals surface area (Å²) in [6, 6.07) is 4.88. The number of hydrogen-bond acceptors (Lipinski definition) is 3. The van der Waals surface area contributed by atoms with Gasteiger partial charge in [-0.3, -0.25) is 0 Å². The lowest BCUT2D eigenvalue weighted by Crippen LogP contribution is -2.23. The van der Waals surface area contributed by atoms with Crippen molar-refractivity contribution in [2.75, 3.05) is 0 Å². The number of hydrogen-bond donors (Lipinski definition) is 1. The molecule has 0 fully saturated rings. The van der Waals surface area contributed by atoms with E-state index in [0.29, 0.717) is 5.92 Å². The minimum Gasteiger partial charge on any atom is -0.478 e. The van der Waals surface area contributed by atoms with Gasteiger partial charge in [0.2, 0.25) is 0 Å². The van der Waals surface area contributed by atoms with Crippen LogP contribution in [0.25, 0.3) is 11.0 Å². The quantitative estimate of drug-likeness (QED) is 0.922. The molecule has 0 amide bonds. The van der Waals surface area contributed by atoms with E-state index in [9.17, 15) is 4.79 Å². The maximum absolute atomic E-state index is 11.0. The van der Waals surface area contributed by atoms with Crippen molar-refractivity contribution >= 4 is 17.0 Å². The summed E-state index contributed by atoms with van der Waals surface area (Å²) in [6.07, 6.45) is 0. The molecule has 1 aromatic heterocycles. The number of nitrogens with zero attached hydrogens (tertiary/aromatic N) is 3. The molecule has 0 aliphatic carbocycles. The van der Waals surface area contributed by atoms with E-state index in [1.807, 2.05) is 0 Å². The molecule has 0 spiro atoms. The molecule has 1 unspecified atom stereocenters. The highest BCUT2D eigenvalue weighted by Gasteiger charge is 2.21. The molecule has 0 aliphatic rings. The lowest BCUT2D eigenvalue weighted by molar-refractivity contribution is 0.0697. The van der Waals surface area contributed by atoms with Gasteiger partial charge in [0.25, 0.3) is 0 Å². The molecule has 0 saturated heterocycles. The van der Waals surface area contributed by atoms with Crippen molar-refractivity contribution < 1.29 is 9.90 Å². The van der Waals surface area contributed by atoms with Gasteiger partial charge >= 0.3 is 5.97 Å². The van der Waals surface area contributed by atoms with E-state index >= 15 is 0 Å². The Hall–Kier alpha value is -1.91. The highest BCUT2D eigenvalue weighted by Crippen LogP contribution is 2.27. The van der Waals surface area contributed by atoms with E-state index in [0.717, 1.165) is 17.6 Å². The summed E-state index contributed by atoms with van der Waals surface area (Å²) in [6.45, 7) is 9.43. The fraction of sp³-hybridized carbons (Fsp3) is 0.500. The second-order valence-corrected chi connectivity index (χ2v) is 6.05. The molecule has 1 aromatic carbocycles. The Morgan fingerprint density at radius 3 is 2.68 bits per heavy atom. The van der Waals surface area contributed by atoms with Gasteiger partial charge in [-0.15, -0.1) is 5.10 Å². The first-order valence-electron chi connectivity index (χ1n) is 6.35. The summed E-state index contributed by atoms with van der Waals surface area (Å²) in [7, 11) is 0. The molecule has 19 heavy (non-hydrogen) atoms. The van der Waals surface area contributed by atoms with Crippen molar-refractivity contribution in [2.45, 2.75) is 34.2 Å². The van der Waals surface area contributed by atoms with Gasteiger partial charge in [0.05, 0.1) is 11.1 Å². The summed E-state index contributed by atoms with van der Waals surface area (Å²) in [5, 5.41) is 17.2. The van der Waals surface area contributed by atoms with Crippen LogP contribution in [0, 0.1) is 11.3 Å². The molecule has 102 valence electrons. The van der Waals surface area contributed by atoms with Crippen LogP contribution in [0.2, 0.25) is 0 Å². The van der Waals surface area contributed by atoms with Crippen LogP contribution in [0.15, 0.2) is 18.2 Å².